The van der Waals surface area contributed by atoms with Gasteiger partial charge in [-0.15, -0.1) is 0 Å². The van der Waals surface area contributed by atoms with Crippen LogP contribution in [0.1, 0.15) is 231 Å². The molecular weight excluding hydrogens is 1840 g/mol. The van der Waals surface area contributed by atoms with Crippen molar-refractivity contribution >= 4 is 85.6 Å². The molecule has 4 spiro atoms. The number of halogens is 3. The van der Waals surface area contributed by atoms with Gasteiger partial charge < -0.3 is 59.4 Å². The molecule has 5 atom stereocenters. The molecule has 0 saturated carbocycles. The summed E-state index contributed by atoms with van der Waals surface area (Å²) in [5.74, 6) is 0.652. The topological polar surface area (TPSA) is 311 Å². The number of fused-ring (bicyclic) bond motifs is 4. The predicted octanol–water partition coefficient (Wildman–Crippen LogP) is 16.5. The minimum atomic E-state index is -4.95. The van der Waals surface area contributed by atoms with Crippen molar-refractivity contribution in [2.45, 2.75) is 193 Å². The number of carbonyl (C=O) groups is 5. The number of hydrogen-bond acceptors (Lipinski definition) is 20. The second kappa shape index (κ2) is 43.8. The van der Waals surface area contributed by atoms with Gasteiger partial charge in [0.15, 0.2) is 39.3 Å². The highest BCUT2D eigenvalue weighted by Gasteiger charge is 2.48. The molecule has 4 saturated heterocycles. The maximum atomic E-state index is 13.1. The molecule has 3 N–H and O–H groups in total. The number of benzene rings is 8. The van der Waals surface area contributed by atoms with Crippen molar-refractivity contribution in [1.29, 1.82) is 0 Å². The van der Waals surface area contributed by atoms with E-state index in [-0.39, 0.29) is 69.3 Å². The van der Waals surface area contributed by atoms with Crippen LogP contribution in [0.4, 0.5) is 13.2 Å². The zero-order chi connectivity index (χ0) is 99.5. The SMILES string of the molecule is CCN(CC)C(=O)c1ccc(C2=CC3(CCCN(C(=O)C(F)(F)F)CC3)Oc3ccc(S(C)(=O)=O)cc32)cc1.CCN(CC)C(=O)c1ccc(C2=CC3(CCCNCC3)Oc3ccc(S(C)(=O)=O)cc32)cc1.CCN(CC)C(=O)c1ccc(C2=CC3(CCCNCC3)Oc3ccc(S(C)(=O)=O)cc32)cc1.CCN(CC)C(=O)c1ccc(C2CC3(CCCNCC3)Oc3ccc(S(C)(=O)=O)cc32)cc1. The van der Waals surface area contributed by atoms with Crippen LogP contribution in [0.2, 0.25) is 0 Å². The molecule has 138 heavy (non-hydrogen) atoms. The van der Waals surface area contributed by atoms with Gasteiger partial charge in [-0.05, 0) is 337 Å². The number of likely N-dealkylation sites (tertiary alicyclic amines) is 1. The first kappa shape index (κ1) is 104. The number of hydrogen-bond donors (Lipinski definition) is 3. The van der Waals surface area contributed by atoms with Crippen LogP contribution in [0.5, 0.6) is 23.0 Å². The summed E-state index contributed by atoms with van der Waals surface area (Å²) in [7, 11) is -13.6. The Bertz CT molecular complexity index is 6170. The Balaban J connectivity index is 0.000000156. The lowest BCUT2D eigenvalue weighted by atomic mass is 9.75. The molecule has 4 fully saturated rings. The van der Waals surface area contributed by atoms with Crippen LogP contribution in [0.25, 0.3) is 16.7 Å². The second-order valence-corrected chi connectivity index (χ2v) is 44.8. The van der Waals surface area contributed by atoms with E-state index in [1.165, 1.54) is 30.9 Å². The Morgan fingerprint density at radius 3 is 0.993 bits per heavy atom. The minimum absolute atomic E-state index is 0.00570. The van der Waals surface area contributed by atoms with Crippen LogP contribution in [-0.4, -0.2) is 246 Å². The molecule has 0 aromatic heterocycles. The van der Waals surface area contributed by atoms with E-state index in [4.69, 9.17) is 18.9 Å². The van der Waals surface area contributed by atoms with Crippen molar-refractivity contribution in [2.24, 2.45) is 0 Å². The predicted molar refractivity (Wildman–Crippen MR) is 531 cm³/mol. The summed E-state index contributed by atoms with van der Waals surface area (Å²) in [4.78, 5) is 71.8. The second-order valence-electron chi connectivity index (χ2n) is 36.7. The third-order valence-electron chi connectivity index (χ3n) is 27.4. The average molecular weight is 1970 g/mol. The number of nitrogens with one attached hydrogen (secondary N) is 3. The first-order valence-electron chi connectivity index (χ1n) is 47.9. The van der Waals surface area contributed by atoms with Crippen molar-refractivity contribution in [3.05, 3.63) is 255 Å². The minimum Gasteiger partial charge on any atom is -0.487 e. The summed E-state index contributed by atoms with van der Waals surface area (Å²) >= 11 is 0. The van der Waals surface area contributed by atoms with E-state index in [0.29, 0.717) is 126 Å². The first-order valence-corrected chi connectivity index (χ1v) is 55.5. The maximum Gasteiger partial charge on any atom is 0.471 e. The van der Waals surface area contributed by atoms with Crippen molar-refractivity contribution in [2.75, 3.05) is 130 Å². The highest BCUT2D eigenvalue weighted by Crippen LogP contribution is 2.51. The fourth-order valence-corrected chi connectivity index (χ4v) is 22.2. The maximum absolute atomic E-state index is 13.1. The van der Waals surface area contributed by atoms with Gasteiger partial charge in [-0.1, -0.05) is 48.5 Å². The summed E-state index contributed by atoms with van der Waals surface area (Å²) in [6.45, 7) is 26.1. The van der Waals surface area contributed by atoms with Gasteiger partial charge in [0.1, 0.15) is 45.4 Å². The monoisotopic (exact) mass is 1970 g/mol. The largest absolute Gasteiger partial charge is 0.487 e. The quantitative estimate of drug-likeness (QED) is 0.0638. The molecule has 740 valence electrons. The summed E-state index contributed by atoms with van der Waals surface area (Å²) in [5, 5.41) is 10.3. The van der Waals surface area contributed by atoms with Gasteiger partial charge in [0.25, 0.3) is 23.6 Å². The number of ether oxygens (including phenoxy) is 4. The molecule has 25 nitrogen and oxygen atoms in total. The molecule has 5 amide bonds. The Labute approximate surface area is 811 Å². The lowest BCUT2D eigenvalue weighted by molar-refractivity contribution is -0.185. The fraction of sp³-hybridized carbons (Fsp3) is 0.443. The molecule has 8 aromatic carbocycles. The van der Waals surface area contributed by atoms with Crippen molar-refractivity contribution in [3.63, 3.8) is 0 Å². The lowest BCUT2D eigenvalue weighted by Crippen LogP contribution is -2.43. The smallest absolute Gasteiger partial charge is 0.471 e. The molecule has 5 unspecified atom stereocenters. The number of sulfone groups is 4. The van der Waals surface area contributed by atoms with E-state index in [2.05, 4.69) is 28.1 Å². The van der Waals surface area contributed by atoms with E-state index in [1.807, 2.05) is 145 Å². The fourth-order valence-electron chi connectivity index (χ4n) is 19.6. The first-order chi connectivity index (χ1) is 65.6. The molecule has 16 rings (SSSR count). The van der Waals surface area contributed by atoms with Gasteiger partial charge in [-0.3, -0.25) is 24.0 Å². The highest BCUT2D eigenvalue weighted by atomic mass is 32.2. The van der Waals surface area contributed by atoms with Gasteiger partial charge in [0.05, 0.1) is 19.6 Å². The van der Waals surface area contributed by atoms with Crippen LogP contribution < -0.4 is 34.9 Å². The summed E-state index contributed by atoms with van der Waals surface area (Å²) in [6.07, 6.45) is 15.9. The molecule has 8 aliphatic rings. The van der Waals surface area contributed by atoms with Gasteiger partial charge in [0.2, 0.25) is 0 Å². The average Bonchev–Trinajstić information content (AvgIpc) is 1.05. The molecular formula is C106H129F3N8O17S4. The van der Waals surface area contributed by atoms with Crippen LogP contribution in [-0.2, 0) is 44.1 Å². The van der Waals surface area contributed by atoms with Gasteiger partial charge in [-0.25, -0.2) is 33.7 Å². The van der Waals surface area contributed by atoms with E-state index >= 15 is 0 Å². The van der Waals surface area contributed by atoms with Crippen LogP contribution >= 0.6 is 0 Å². The third-order valence-corrected chi connectivity index (χ3v) is 31.9. The Kier molecular flexibility index (Phi) is 33.1. The number of alkyl halides is 3. The van der Waals surface area contributed by atoms with E-state index in [0.717, 1.165) is 165 Å². The molecule has 0 bridgehead atoms. The third kappa shape index (κ3) is 24.3. The van der Waals surface area contributed by atoms with Crippen LogP contribution in [0.15, 0.2) is 208 Å². The molecule has 0 aliphatic carbocycles. The zero-order valence-corrected chi connectivity index (χ0v) is 84.2. The zero-order valence-electron chi connectivity index (χ0n) is 80.9. The van der Waals surface area contributed by atoms with Crippen LogP contribution in [0, 0.1) is 0 Å². The number of rotatable bonds is 20. The standard InChI is InChI=1S/C28H31F3N2O5S.C26H34N2O4S.2C26H32N2O4S/c1-4-32(5-2)25(34)20-9-7-19(8-10-20)23-18-27(13-6-15-33(16-14-27)26(35)28(29,30)31)38-24-12-11-21(17-22(23)24)39(3,36)37;3*1-4-28(5-2)25(29)20-9-7-19(8-10-20)23-18-26(13-6-15-27-16-14-26)32-24-12-11-21(17-22(23)24)33(3,30)31/h7-12,17-18H,4-6,13-16H2,1-3H3;7-12,17,23,27H,4-6,13-16,18H2,1-3H3;2*7-12,17-18,27H,4-6,13-16H2,1-3H3. The molecule has 8 aliphatic heterocycles. The molecule has 32 heteroatoms. The van der Waals surface area contributed by atoms with Crippen molar-refractivity contribution in [1.82, 2.24) is 40.4 Å². The van der Waals surface area contributed by atoms with Gasteiger partial charge in [-0.2, -0.15) is 13.2 Å². The van der Waals surface area contributed by atoms with Crippen molar-refractivity contribution in [3.8, 4) is 23.0 Å². The normalized spacial score (nSPS) is 20.7. The number of carbonyl (C=O) groups excluding carboxylic acids is 5. The number of amides is 5. The van der Waals surface area contributed by atoms with Gasteiger partial charge >= 0.3 is 12.1 Å². The summed E-state index contributed by atoms with van der Waals surface area (Å²) < 4.78 is 163. The molecule has 8 heterocycles. The highest BCUT2D eigenvalue weighted by molar-refractivity contribution is 7.91. The number of nitrogens with zero attached hydrogens (tertiary/aromatic N) is 5. The van der Waals surface area contributed by atoms with E-state index < -0.39 is 68.2 Å². The van der Waals surface area contributed by atoms with E-state index in [1.54, 1.807) is 93.6 Å². The van der Waals surface area contributed by atoms with E-state index in [9.17, 15) is 70.8 Å². The Morgan fingerprint density at radius 1 is 0.355 bits per heavy atom. The molecule has 0 radical (unpaired) electrons. The summed E-state index contributed by atoms with van der Waals surface area (Å²) in [6, 6.07) is 49.9. The van der Waals surface area contributed by atoms with Crippen molar-refractivity contribution < 1.29 is 89.8 Å². The van der Waals surface area contributed by atoms with Gasteiger partial charge in [0, 0.05) is 160 Å². The molecule has 8 aromatic rings. The lowest BCUT2D eigenvalue weighted by Gasteiger charge is -2.42. The summed E-state index contributed by atoms with van der Waals surface area (Å²) in [5.41, 5.74) is 9.52. The Hall–Kier alpha value is -11.0. The van der Waals surface area contributed by atoms with Crippen LogP contribution in [0.3, 0.4) is 0 Å². The Morgan fingerprint density at radius 2 is 0.659 bits per heavy atom.